The van der Waals surface area contributed by atoms with Gasteiger partial charge in [0.15, 0.2) is 0 Å². The topological polar surface area (TPSA) is 56.8 Å². The van der Waals surface area contributed by atoms with Crippen molar-refractivity contribution in [2.45, 2.75) is 31.8 Å². The molecule has 0 saturated carbocycles. The molecule has 0 N–H and O–H groups in total. The van der Waals surface area contributed by atoms with Gasteiger partial charge in [-0.25, -0.2) is 4.98 Å². The van der Waals surface area contributed by atoms with Crippen LogP contribution >= 0.6 is 11.3 Å². The lowest BCUT2D eigenvalue weighted by Crippen LogP contribution is -2.52. The molecule has 3 heterocycles. The van der Waals surface area contributed by atoms with E-state index < -0.39 is 0 Å². The quantitative estimate of drug-likeness (QED) is 0.326. The number of piperazine rings is 1. The first-order chi connectivity index (χ1) is 19.2. The van der Waals surface area contributed by atoms with E-state index in [4.69, 9.17) is 4.98 Å². The number of aryl methyl sites for hydroxylation is 1. The Bertz CT molecular complexity index is 1540. The molecule has 39 heavy (non-hydrogen) atoms. The standard InChI is InChI=1S/C32H30N4O2S/c37-31-26-11-6-12-28(35-17-15-34(16-18-35)25-14-13-22-7-4-5-10-24(22)19-25)30(26)32(38)36(31)20-29-33-27(21-39-29)23-8-2-1-3-9-23/h1-12,21,25H,13-20H2/t25-/m1/s1. The second-order valence-electron chi connectivity index (χ2n) is 10.6. The van der Waals surface area contributed by atoms with Gasteiger partial charge in [0.1, 0.15) is 5.01 Å². The Kier molecular flexibility index (Phi) is 6.25. The van der Waals surface area contributed by atoms with E-state index in [0.717, 1.165) is 61.0 Å². The van der Waals surface area contributed by atoms with Crippen LogP contribution in [0.1, 0.15) is 43.3 Å². The molecule has 2 aliphatic heterocycles. The highest BCUT2D eigenvalue weighted by Gasteiger charge is 2.39. The van der Waals surface area contributed by atoms with E-state index in [1.807, 2.05) is 47.8 Å². The van der Waals surface area contributed by atoms with Crippen LogP contribution in [0.3, 0.4) is 0 Å². The lowest BCUT2D eigenvalue weighted by atomic mass is 9.87. The molecule has 196 valence electrons. The molecule has 2 amide bonds. The monoisotopic (exact) mass is 534 g/mol. The maximum atomic E-state index is 13.6. The van der Waals surface area contributed by atoms with Gasteiger partial charge in [-0.2, -0.15) is 0 Å². The minimum absolute atomic E-state index is 0.195. The van der Waals surface area contributed by atoms with E-state index in [0.29, 0.717) is 17.2 Å². The normalized spacial score (nSPS) is 19.3. The third kappa shape index (κ3) is 4.45. The second kappa shape index (κ2) is 10.1. The number of thiazole rings is 1. The Labute approximate surface area is 232 Å². The summed E-state index contributed by atoms with van der Waals surface area (Å²) < 4.78 is 0. The van der Waals surface area contributed by atoms with Crippen LogP contribution in [0, 0.1) is 0 Å². The molecule has 6 nitrogen and oxygen atoms in total. The molecule has 1 atom stereocenters. The van der Waals surface area contributed by atoms with Crippen molar-refractivity contribution < 1.29 is 9.59 Å². The van der Waals surface area contributed by atoms with Crippen molar-refractivity contribution in [1.29, 1.82) is 0 Å². The number of hydrogen-bond donors (Lipinski definition) is 0. The first-order valence-corrected chi connectivity index (χ1v) is 14.6. The smallest absolute Gasteiger partial charge is 0.264 e. The van der Waals surface area contributed by atoms with Crippen LogP contribution in [-0.2, 0) is 19.4 Å². The fourth-order valence-corrected chi connectivity index (χ4v) is 7.09. The molecule has 0 unspecified atom stereocenters. The number of rotatable bonds is 5. The minimum atomic E-state index is -0.229. The van der Waals surface area contributed by atoms with Gasteiger partial charge in [0.05, 0.1) is 29.1 Å². The Morgan fingerprint density at radius 3 is 2.41 bits per heavy atom. The number of carbonyl (C=O) groups excluding carboxylic acids is 2. The summed E-state index contributed by atoms with van der Waals surface area (Å²) >= 11 is 1.48. The van der Waals surface area contributed by atoms with Crippen molar-refractivity contribution in [3.8, 4) is 11.3 Å². The number of nitrogens with zero attached hydrogens (tertiary/aromatic N) is 4. The van der Waals surface area contributed by atoms with Crippen molar-refractivity contribution in [2.24, 2.45) is 0 Å². The number of fused-ring (bicyclic) bond motifs is 2. The predicted octanol–water partition coefficient (Wildman–Crippen LogP) is 5.29. The third-order valence-corrected chi connectivity index (χ3v) is 9.22. The molecular formula is C32H30N4O2S. The number of carbonyl (C=O) groups is 2. The zero-order chi connectivity index (χ0) is 26.3. The first kappa shape index (κ1) is 24.2. The zero-order valence-corrected chi connectivity index (χ0v) is 22.6. The van der Waals surface area contributed by atoms with Crippen LogP contribution in [0.5, 0.6) is 0 Å². The molecule has 1 saturated heterocycles. The molecule has 1 fully saturated rings. The summed E-state index contributed by atoms with van der Waals surface area (Å²) in [6, 6.07) is 25.0. The average molecular weight is 535 g/mol. The summed E-state index contributed by atoms with van der Waals surface area (Å²) in [5, 5.41) is 2.74. The number of imide groups is 1. The van der Waals surface area contributed by atoms with E-state index in [1.54, 1.807) is 6.07 Å². The van der Waals surface area contributed by atoms with Gasteiger partial charge in [-0.1, -0.05) is 60.7 Å². The summed E-state index contributed by atoms with van der Waals surface area (Å²) in [5.74, 6) is -0.443. The number of hydrogen-bond acceptors (Lipinski definition) is 6. The summed E-state index contributed by atoms with van der Waals surface area (Å²) in [7, 11) is 0. The Balaban J connectivity index is 1.05. The summed E-state index contributed by atoms with van der Waals surface area (Å²) in [6.07, 6.45) is 3.45. The van der Waals surface area contributed by atoms with Crippen molar-refractivity contribution in [3.05, 3.63) is 105 Å². The molecule has 7 heteroatoms. The van der Waals surface area contributed by atoms with Gasteiger partial charge in [-0.05, 0) is 42.5 Å². The first-order valence-electron chi connectivity index (χ1n) is 13.7. The van der Waals surface area contributed by atoms with Gasteiger partial charge in [0, 0.05) is 43.2 Å². The molecule has 0 spiro atoms. The third-order valence-electron chi connectivity index (χ3n) is 8.38. The minimum Gasteiger partial charge on any atom is -0.368 e. The van der Waals surface area contributed by atoms with E-state index in [2.05, 4.69) is 34.1 Å². The van der Waals surface area contributed by atoms with Crippen LogP contribution in [0.2, 0.25) is 0 Å². The molecule has 0 radical (unpaired) electrons. The van der Waals surface area contributed by atoms with Crippen LogP contribution in [0.15, 0.2) is 78.2 Å². The van der Waals surface area contributed by atoms with Crippen LogP contribution in [0.25, 0.3) is 11.3 Å². The number of benzene rings is 3. The van der Waals surface area contributed by atoms with Gasteiger partial charge in [-0.3, -0.25) is 19.4 Å². The summed E-state index contributed by atoms with van der Waals surface area (Å²) in [5.41, 5.74) is 6.80. The van der Waals surface area contributed by atoms with E-state index in [-0.39, 0.29) is 18.4 Å². The molecular weight excluding hydrogens is 504 g/mol. The van der Waals surface area contributed by atoms with Crippen molar-refractivity contribution >= 4 is 28.8 Å². The Hall–Kier alpha value is -3.81. The fraction of sp³-hybridized carbons (Fsp3) is 0.281. The fourth-order valence-electron chi connectivity index (χ4n) is 6.30. The van der Waals surface area contributed by atoms with Gasteiger partial charge >= 0.3 is 0 Å². The second-order valence-corrected chi connectivity index (χ2v) is 11.5. The molecule has 7 rings (SSSR count). The van der Waals surface area contributed by atoms with Gasteiger partial charge in [-0.15, -0.1) is 11.3 Å². The van der Waals surface area contributed by atoms with Crippen LogP contribution in [0.4, 0.5) is 5.69 Å². The number of aromatic nitrogens is 1. The lowest BCUT2D eigenvalue weighted by molar-refractivity contribution is 0.0642. The molecule has 0 bridgehead atoms. The van der Waals surface area contributed by atoms with Gasteiger partial charge < -0.3 is 4.90 Å². The molecule has 1 aliphatic carbocycles. The molecule has 1 aromatic heterocycles. The van der Waals surface area contributed by atoms with Crippen molar-refractivity contribution in [2.75, 3.05) is 31.1 Å². The maximum Gasteiger partial charge on any atom is 0.264 e. The van der Waals surface area contributed by atoms with E-state index in [1.165, 1.54) is 33.8 Å². The largest absolute Gasteiger partial charge is 0.368 e. The van der Waals surface area contributed by atoms with E-state index >= 15 is 0 Å². The molecule has 4 aromatic rings. The summed E-state index contributed by atoms with van der Waals surface area (Å²) in [6.45, 7) is 3.82. The predicted molar refractivity (Wildman–Crippen MR) is 154 cm³/mol. The highest BCUT2D eigenvalue weighted by Crippen LogP contribution is 2.34. The summed E-state index contributed by atoms with van der Waals surface area (Å²) in [4.78, 5) is 37.9. The van der Waals surface area contributed by atoms with E-state index in [9.17, 15) is 9.59 Å². The molecule has 3 aliphatic rings. The van der Waals surface area contributed by atoms with Crippen LogP contribution < -0.4 is 4.90 Å². The molecule has 3 aromatic carbocycles. The van der Waals surface area contributed by atoms with Gasteiger partial charge in [0.25, 0.3) is 11.8 Å². The van der Waals surface area contributed by atoms with Crippen LogP contribution in [-0.4, -0.2) is 58.8 Å². The Morgan fingerprint density at radius 2 is 1.59 bits per heavy atom. The number of amides is 2. The highest BCUT2D eigenvalue weighted by molar-refractivity contribution is 7.10. The zero-order valence-electron chi connectivity index (χ0n) is 21.8. The SMILES string of the molecule is O=C1c2cccc(N3CCN([C@@H]4CCc5ccccc5C4)CC3)c2C(=O)N1Cc1nc(-c2ccccc2)cs1. The van der Waals surface area contributed by atoms with Gasteiger partial charge in [0.2, 0.25) is 0 Å². The van der Waals surface area contributed by atoms with Crippen molar-refractivity contribution in [1.82, 2.24) is 14.8 Å². The highest BCUT2D eigenvalue weighted by atomic mass is 32.1. The average Bonchev–Trinajstić information content (AvgIpc) is 3.56. The lowest BCUT2D eigenvalue weighted by Gasteiger charge is -2.42. The maximum absolute atomic E-state index is 13.6. The number of anilines is 1. The Morgan fingerprint density at radius 1 is 0.821 bits per heavy atom. The van der Waals surface area contributed by atoms with Crippen molar-refractivity contribution in [3.63, 3.8) is 0 Å².